The number of hydrogen-bond donors (Lipinski definition) is 0. The minimum atomic E-state index is 0.395. The lowest BCUT2D eigenvalue weighted by Crippen LogP contribution is -2.36. The van der Waals surface area contributed by atoms with Crippen molar-refractivity contribution >= 4 is 0 Å². The molecule has 2 aromatic rings. The molecule has 1 aliphatic heterocycles. The maximum atomic E-state index is 5.60. The molecule has 0 bridgehead atoms. The molecule has 0 aliphatic carbocycles. The van der Waals surface area contributed by atoms with Crippen molar-refractivity contribution in [1.82, 2.24) is 10.1 Å². The molecule has 0 saturated carbocycles. The third kappa shape index (κ3) is 4.41. The van der Waals surface area contributed by atoms with Crippen molar-refractivity contribution in [2.75, 3.05) is 27.3 Å². The van der Waals surface area contributed by atoms with Gasteiger partial charge in [0.2, 0.25) is 0 Å². The van der Waals surface area contributed by atoms with E-state index in [0.29, 0.717) is 6.10 Å². The van der Waals surface area contributed by atoms with Gasteiger partial charge in [0.05, 0.1) is 19.8 Å². The van der Waals surface area contributed by atoms with Crippen molar-refractivity contribution < 1.29 is 14.0 Å². The lowest BCUT2D eigenvalue weighted by molar-refractivity contribution is 0.0364. The summed E-state index contributed by atoms with van der Waals surface area (Å²) in [4.78, 5) is 2.39. The molecular weight excluding hydrogens is 316 g/mol. The molecule has 1 aromatic carbocycles. The van der Waals surface area contributed by atoms with Crippen LogP contribution in [0.4, 0.5) is 0 Å². The van der Waals surface area contributed by atoms with Crippen LogP contribution in [0.5, 0.6) is 5.75 Å². The molecule has 25 heavy (non-hydrogen) atoms. The molecular formula is C20H28N2O3. The topological polar surface area (TPSA) is 47.7 Å². The van der Waals surface area contributed by atoms with Crippen LogP contribution in [-0.2, 0) is 17.7 Å². The van der Waals surface area contributed by atoms with E-state index in [-0.39, 0.29) is 0 Å². The summed E-state index contributed by atoms with van der Waals surface area (Å²) in [5.41, 5.74) is 3.14. The molecule has 136 valence electrons. The summed E-state index contributed by atoms with van der Waals surface area (Å²) in [6.45, 7) is 5.04. The van der Waals surface area contributed by atoms with Crippen molar-refractivity contribution in [3.8, 4) is 17.0 Å². The van der Waals surface area contributed by atoms with E-state index in [1.807, 2.05) is 12.1 Å². The minimum Gasteiger partial charge on any atom is -0.496 e. The highest BCUT2D eigenvalue weighted by Gasteiger charge is 2.20. The molecule has 0 atom stereocenters. The Morgan fingerprint density at radius 3 is 2.68 bits per heavy atom. The van der Waals surface area contributed by atoms with Gasteiger partial charge >= 0.3 is 0 Å². The summed E-state index contributed by atoms with van der Waals surface area (Å²) >= 11 is 0. The number of nitrogens with zero attached hydrogens (tertiary/aromatic N) is 2. The van der Waals surface area contributed by atoms with Crippen LogP contribution in [0.15, 0.2) is 28.8 Å². The van der Waals surface area contributed by atoms with Gasteiger partial charge in [-0.25, -0.2) is 0 Å². The van der Waals surface area contributed by atoms with Gasteiger partial charge in [-0.3, -0.25) is 4.90 Å². The van der Waals surface area contributed by atoms with Crippen LogP contribution >= 0.6 is 0 Å². The van der Waals surface area contributed by atoms with Crippen molar-refractivity contribution in [1.29, 1.82) is 0 Å². The van der Waals surface area contributed by atoms with E-state index in [1.54, 1.807) is 14.2 Å². The summed E-state index contributed by atoms with van der Waals surface area (Å²) in [6, 6.07) is 8.33. The molecule has 0 radical (unpaired) electrons. The Balaban J connectivity index is 1.72. The predicted octanol–water partition coefficient (Wildman–Crippen LogP) is 3.91. The van der Waals surface area contributed by atoms with Crippen LogP contribution < -0.4 is 4.74 Å². The second kappa shape index (κ2) is 8.50. The zero-order chi connectivity index (χ0) is 17.6. The molecule has 0 unspecified atom stereocenters. The van der Waals surface area contributed by atoms with Gasteiger partial charge in [-0.05, 0) is 37.0 Å². The predicted molar refractivity (Wildman–Crippen MR) is 97.8 cm³/mol. The standard InChI is InChI=1S/C20H28N2O3/c1-4-5-15-6-7-20(24-3)18(12-15)19-13-17(25-21-19)14-22-10-8-16(23-2)9-11-22/h6-7,12-13,16H,4-5,8-11,14H2,1-3H3. The molecule has 0 spiro atoms. The number of ether oxygens (including phenoxy) is 2. The maximum Gasteiger partial charge on any atom is 0.151 e. The number of hydrogen-bond acceptors (Lipinski definition) is 5. The highest BCUT2D eigenvalue weighted by Crippen LogP contribution is 2.31. The van der Waals surface area contributed by atoms with E-state index in [2.05, 4.69) is 29.1 Å². The maximum absolute atomic E-state index is 5.60. The fourth-order valence-corrected chi connectivity index (χ4v) is 3.44. The van der Waals surface area contributed by atoms with Gasteiger partial charge in [0.25, 0.3) is 0 Å². The van der Waals surface area contributed by atoms with Gasteiger partial charge in [0, 0.05) is 31.8 Å². The molecule has 1 fully saturated rings. The first-order chi connectivity index (χ1) is 12.2. The summed E-state index contributed by atoms with van der Waals surface area (Å²) in [7, 11) is 3.49. The van der Waals surface area contributed by atoms with Gasteiger partial charge in [-0.2, -0.15) is 0 Å². The lowest BCUT2D eigenvalue weighted by atomic mass is 10.0. The Labute approximate surface area is 149 Å². The van der Waals surface area contributed by atoms with Crippen molar-refractivity contribution in [2.24, 2.45) is 0 Å². The van der Waals surface area contributed by atoms with Gasteiger partial charge < -0.3 is 14.0 Å². The number of piperidine rings is 1. The van der Waals surface area contributed by atoms with E-state index in [1.165, 1.54) is 5.56 Å². The minimum absolute atomic E-state index is 0.395. The normalized spacial score (nSPS) is 16.3. The average Bonchev–Trinajstić information content (AvgIpc) is 3.11. The smallest absolute Gasteiger partial charge is 0.151 e. The molecule has 1 saturated heterocycles. The fraction of sp³-hybridized carbons (Fsp3) is 0.550. The first kappa shape index (κ1) is 18.0. The van der Waals surface area contributed by atoms with Crippen LogP contribution in [0.3, 0.4) is 0 Å². The Morgan fingerprint density at radius 2 is 2.00 bits per heavy atom. The molecule has 1 aliphatic rings. The molecule has 1 aromatic heterocycles. The Kier molecular flexibility index (Phi) is 6.10. The fourth-order valence-electron chi connectivity index (χ4n) is 3.44. The van der Waals surface area contributed by atoms with E-state index < -0.39 is 0 Å². The Morgan fingerprint density at radius 1 is 1.20 bits per heavy atom. The molecule has 5 nitrogen and oxygen atoms in total. The number of methoxy groups -OCH3 is 2. The van der Waals surface area contributed by atoms with Crippen molar-refractivity contribution in [3.05, 3.63) is 35.6 Å². The van der Waals surface area contributed by atoms with Crippen LogP contribution in [0.2, 0.25) is 0 Å². The third-order valence-electron chi connectivity index (χ3n) is 4.88. The van der Waals surface area contributed by atoms with Crippen LogP contribution in [-0.4, -0.2) is 43.5 Å². The second-order valence-corrected chi connectivity index (χ2v) is 6.67. The van der Waals surface area contributed by atoms with Crippen LogP contribution in [0, 0.1) is 0 Å². The molecule has 3 rings (SSSR count). The monoisotopic (exact) mass is 344 g/mol. The number of aromatic nitrogens is 1. The summed E-state index contributed by atoms with van der Waals surface area (Å²) in [6.07, 6.45) is 4.71. The Hall–Kier alpha value is -1.85. The summed E-state index contributed by atoms with van der Waals surface area (Å²) in [5.74, 6) is 1.73. The summed E-state index contributed by atoms with van der Waals surface area (Å²) < 4.78 is 16.5. The first-order valence-electron chi connectivity index (χ1n) is 9.11. The summed E-state index contributed by atoms with van der Waals surface area (Å²) in [5, 5.41) is 4.29. The number of aryl methyl sites for hydroxylation is 1. The SMILES string of the molecule is CCCc1ccc(OC)c(-c2cc(CN3CCC(OC)CC3)on2)c1. The quantitative estimate of drug-likeness (QED) is 0.762. The Bertz CT molecular complexity index is 675. The lowest BCUT2D eigenvalue weighted by Gasteiger charge is -2.30. The highest BCUT2D eigenvalue weighted by molar-refractivity contribution is 5.68. The zero-order valence-electron chi connectivity index (χ0n) is 15.5. The number of rotatable bonds is 7. The van der Waals surface area contributed by atoms with E-state index in [9.17, 15) is 0 Å². The van der Waals surface area contributed by atoms with Crippen molar-refractivity contribution in [3.63, 3.8) is 0 Å². The van der Waals surface area contributed by atoms with Gasteiger partial charge in [0.15, 0.2) is 5.76 Å². The van der Waals surface area contributed by atoms with Gasteiger partial charge in [0.1, 0.15) is 11.4 Å². The van der Waals surface area contributed by atoms with Crippen molar-refractivity contribution in [2.45, 2.75) is 45.3 Å². The van der Waals surface area contributed by atoms with E-state index >= 15 is 0 Å². The zero-order valence-corrected chi connectivity index (χ0v) is 15.5. The number of benzene rings is 1. The van der Waals surface area contributed by atoms with E-state index in [4.69, 9.17) is 14.0 Å². The van der Waals surface area contributed by atoms with Gasteiger partial charge in [-0.15, -0.1) is 0 Å². The van der Waals surface area contributed by atoms with E-state index in [0.717, 1.165) is 68.1 Å². The van der Waals surface area contributed by atoms with Gasteiger partial charge in [-0.1, -0.05) is 24.6 Å². The van der Waals surface area contributed by atoms with Crippen LogP contribution in [0.25, 0.3) is 11.3 Å². The second-order valence-electron chi connectivity index (χ2n) is 6.67. The molecule has 0 N–H and O–H groups in total. The largest absolute Gasteiger partial charge is 0.496 e. The molecule has 5 heteroatoms. The third-order valence-corrected chi connectivity index (χ3v) is 4.88. The average molecular weight is 344 g/mol. The van der Waals surface area contributed by atoms with Crippen LogP contribution in [0.1, 0.15) is 37.5 Å². The highest BCUT2D eigenvalue weighted by atomic mass is 16.5. The molecule has 0 amide bonds. The first-order valence-corrected chi connectivity index (χ1v) is 9.11. The molecule has 2 heterocycles. The number of likely N-dealkylation sites (tertiary alicyclic amines) is 1.